The summed E-state index contributed by atoms with van der Waals surface area (Å²) < 4.78 is 5.81. The Morgan fingerprint density at radius 3 is 2.11 bits per heavy atom. The van der Waals surface area contributed by atoms with Gasteiger partial charge in [0.15, 0.2) is 5.78 Å². The van der Waals surface area contributed by atoms with Crippen molar-refractivity contribution in [3.63, 3.8) is 0 Å². The van der Waals surface area contributed by atoms with Gasteiger partial charge in [0.05, 0.1) is 6.61 Å². The van der Waals surface area contributed by atoms with E-state index in [0.29, 0.717) is 11.3 Å². The molecule has 0 atom stereocenters. The third-order valence-electron chi connectivity index (χ3n) is 4.77. The van der Waals surface area contributed by atoms with Gasteiger partial charge in [0.1, 0.15) is 5.75 Å². The number of unbranched alkanes of at least 4 members (excludes halogenated alkanes) is 7. The second-order valence-corrected chi connectivity index (χ2v) is 7.21. The number of nitrogens with two attached hydrogens (primary N) is 1. The maximum Gasteiger partial charge on any atom is 0.185 e. The molecular weight excluding hydrogens is 346 g/mol. The van der Waals surface area contributed by atoms with Crippen LogP contribution in [0.25, 0.3) is 6.08 Å². The topological polar surface area (TPSA) is 52.3 Å². The van der Waals surface area contributed by atoms with Gasteiger partial charge in [0.25, 0.3) is 0 Å². The molecule has 0 aliphatic rings. The summed E-state index contributed by atoms with van der Waals surface area (Å²) in [7, 11) is 0. The highest BCUT2D eigenvalue weighted by Crippen LogP contribution is 2.15. The van der Waals surface area contributed by atoms with Crippen molar-refractivity contribution in [1.29, 1.82) is 0 Å². The van der Waals surface area contributed by atoms with E-state index in [2.05, 4.69) is 6.92 Å². The molecule has 150 valence electrons. The number of rotatable bonds is 13. The van der Waals surface area contributed by atoms with E-state index in [1.807, 2.05) is 30.3 Å². The zero-order chi connectivity index (χ0) is 20.0. The van der Waals surface area contributed by atoms with Crippen LogP contribution in [0.5, 0.6) is 5.75 Å². The van der Waals surface area contributed by atoms with E-state index in [1.165, 1.54) is 44.9 Å². The maximum atomic E-state index is 12.1. The van der Waals surface area contributed by atoms with Crippen molar-refractivity contribution in [1.82, 2.24) is 0 Å². The smallest absolute Gasteiger partial charge is 0.185 e. The summed E-state index contributed by atoms with van der Waals surface area (Å²) in [4.78, 5) is 12.1. The lowest BCUT2D eigenvalue weighted by Crippen LogP contribution is -1.97. The van der Waals surface area contributed by atoms with Crippen LogP contribution in [0.1, 0.15) is 74.2 Å². The fraction of sp³-hybridized carbons (Fsp3) is 0.400. The molecule has 0 aliphatic carbocycles. The van der Waals surface area contributed by atoms with Crippen LogP contribution in [-0.4, -0.2) is 12.4 Å². The lowest BCUT2D eigenvalue weighted by molar-refractivity contribution is 0.104. The van der Waals surface area contributed by atoms with Crippen molar-refractivity contribution in [2.45, 2.75) is 58.3 Å². The van der Waals surface area contributed by atoms with Crippen molar-refractivity contribution < 1.29 is 9.53 Å². The molecule has 0 saturated heterocycles. The summed E-state index contributed by atoms with van der Waals surface area (Å²) in [5.41, 5.74) is 7.91. The predicted molar refractivity (Wildman–Crippen MR) is 119 cm³/mol. The van der Waals surface area contributed by atoms with Gasteiger partial charge in [0.2, 0.25) is 0 Å². The number of ether oxygens (including phenoxy) is 1. The Kier molecular flexibility index (Phi) is 9.92. The van der Waals surface area contributed by atoms with Gasteiger partial charge in [-0.3, -0.25) is 4.79 Å². The van der Waals surface area contributed by atoms with Gasteiger partial charge in [0, 0.05) is 11.3 Å². The predicted octanol–water partition coefficient (Wildman–Crippen LogP) is 6.68. The van der Waals surface area contributed by atoms with Crippen LogP contribution in [0.3, 0.4) is 0 Å². The minimum atomic E-state index is -0.0324. The van der Waals surface area contributed by atoms with Crippen molar-refractivity contribution in [3.05, 3.63) is 65.7 Å². The largest absolute Gasteiger partial charge is 0.494 e. The standard InChI is InChI=1S/C25H33NO2/c1-2-3-4-5-6-7-8-9-20-28-24-17-10-21(11-18-24)12-19-25(27)22-13-15-23(26)16-14-22/h10-19H,2-9,20,26H2,1H3/b19-12+. The number of allylic oxidation sites excluding steroid dienone is 1. The van der Waals surface area contributed by atoms with Crippen LogP contribution >= 0.6 is 0 Å². The number of ketones is 1. The summed E-state index contributed by atoms with van der Waals surface area (Å²) >= 11 is 0. The number of carbonyl (C=O) groups excluding carboxylic acids is 1. The first kappa shape index (κ1) is 21.7. The number of nitrogen functional groups attached to an aromatic ring is 1. The van der Waals surface area contributed by atoms with Gasteiger partial charge in [-0.1, -0.05) is 70.1 Å². The van der Waals surface area contributed by atoms with Crippen molar-refractivity contribution >= 4 is 17.5 Å². The van der Waals surface area contributed by atoms with Crippen LogP contribution in [-0.2, 0) is 0 Å². The molecule has 0 heterocycles. The fourth-order valence-electron chi connectivity index (χ4n) is 3.02. The van der Waals surface area contributed by atoms with Crippen LogP contribution in [0, 0.1) is 0 Å². The van der Waals surface area contributed by atoms with Crippen LogP contribution in [0.4, 0.5) is 5.69 Å². The monoisotopic (exact) mass is 379 g/mol. The molecule has 2 aromatic carbocycles. The SMILES string of the molecule is CCCCCCCCCCOc1ccc(/C=C/C(=O)c2ccc(N)cc2)cc1. The minimum absolute atomic E-state index is 0.0324. The molecular formula is C25H33NO2. The molecule has 0 unspecified atom stereocenters. The first-order valence-corrected chi connectivity index (χ1v) is 10.5. The molecule has 3 nitrogen and oxygen atoms in total. The van der Waals surface area contributed by atoms with E-state index in [9.17, 15) is 4.79 Å². The lowest BCUT2D eigenvalue weighted by Gasteiger charge is -2.06. The number of carbonyl (C=O) groups is 1. The van der Waals surface area contributed by atoms with Crippen LogP contribution in [0.15, 0.2) is 54.6 Å². The Bertz CT molecular complexity index is 717. The summed E-state index contributed by atoms with van der Waals surface area (Å²) in [5, 5.41) is 0. The molecule has 3 heteroatoms. The molecule has 0 fully saturated rings. The Balaban J connectivity index is 1.66. The highest BCUT2D eigenvalue weighted by molar-refractivity contribution is 6.06. The first-order valence-electron chi connectivity index (χ1n) is 10.5. The highest BCUT2D eigenvalue weighted by Gasteiger charge is 2.01. The second-order valence-electron chi connectivity index (χ2n) is 7.21. The summed E-state index contributed by atoms with van der Waals surface area (Å²) in [6.45, 7) is 3.01. The minimum Gasteiger partial charge on any atom is -0.494 e. The molecule has 0 bridgehead atoms. The normalized spacial score (nSPS) is 11.0. The molecule has 0 aliphatic heterocycles. The third kappa shape index (κ3) is 8.43. The first-order chi connectivity index (χ1) is 13.7. The Hall–Kier alpha value is -2.55. The van der Waals surface area contributed by atoms with E-state index in [0.717, 1.165) is 24.3 Å². The Labute approximate surface area is 169 Å². The molecule has 28 heavy (non-hydrogen) atoms. The van der Waals surface area contributed by atoms with Crippen molar-refractivity contribution in [2.24, 2.45) is 0 Å². The van der Waals surface area contributed by atoms with E-state index in [1.54, 1.807) is 30.3 Å². The summed E-state index contributed by atoms with van der Waals surface area (Å²) in [6.07, 6.45) is 13.8. The van der Waals surface area contributed by atoms with Crippen molar-refractivity contribution in [3.8, 4) is 5.75 Å². The van der Waals surface area contributed by atoms with Gasteiger partial charge >= 0.3 is 0 Å². The van der Waals surface area contributed by atoms with Gasteiger partial charge in [-0.2, -0.15) is 0 Å². The maximum absolute atomic E-state index is 12.1. The van der Waals surface area contributed by atoms with E-state index >= 15 is 0 Å². The van der Waals surface area contributed by atoms with E-state index < -0.39 is 0 Å². The molecule has 2 N–H and O–H groups in total. The van der Waals surface area contributed by atoms with E-state index in [4.69, 9.17) is 10.5 Å². The molecule has 0 saturated carbocycles. The van der Waals surface area contributed by atoms with Gasteiger partial charge in [-0.25, -0.2) is 0 Å². The molecule has 0 radical (unpaired) electrons. The molecule has 0 aromatic heterocycles. The van der Waals surface area contributed by atoms with E-state index in [-0.39, 0.29) is 5.78 Å². The Morgan fingerprint density at radius 2 is 1.46 bits per heavy atom. The summed E-state index contributed by atoms with van der Waals surface area (Å²) in [6, 6.07) is 14.8. The Morgan fingerprint density at radius 1 is 0.857 bits per heavy atom. The molecule has 2 rings (SSSR count). The zero-order valence-electron chi connectivity index (χ0n) is 17.0. The number of anilines is 1. The zero-order valence-corrected chi connectivity index (χ0v) is 17.0. The summed E-state index contributed by atoms with van der Waals surface area (Å²) in [5.74, 6) is 0.847. The third-order valence-corrected chi connectivity index (χ3v) is 4.77. The van der Waals surface area contributed by atoms with Gasteiger partial charge < -0.3 is 10.5 Å². The number of benzene rings is 2. The molecule has 0 amide bonds. The highest BCUT2D eigenvalue weighted by atomic mass is 16.5. The fourth-order valence-corrected chi connectivity index (χ4v) is 3.02. The lowest BCUT2D eigenvalue weighted by atomic mass is 10.1. The number of hydrogen-bond acceptors (Lipinski definition) is 3. The van der Waals surface area contributed by atoms with Crippen LogP contribution < -0.4 is 10.5 Å². The average molecular weight is 380 g/mol. The quantitative estimate of drug-likeness (QED) is 0.183. The average Bonchev–Trinajstić information content (AvgIpc) is 2.72. The number of hydrogen-bond donors (Lipinski definition) is 1. The molecule has 0 spiro atoms. The second kappa shape index (κ2) is 12.8. The van der Waals surface area contributed by atoms with Gasteiger partial charge in [-0.05, 0) is 54.5 Å². The van der Waals surface area contributed by atoms with Crippen molar-refractivity contribution in [2.75, 3.05) is 12.3 Å². The van der Waals surface area contributed by atoms with Gasteiger partial charge in [-0.15, -0.1) is 0 Å². The van der Waals surface area contributed by atoms with Crippen LogP contribution in [0.2, 0.25) is 0 Å². The molecule has 2 aromatic rings.